The highest BCUT2D eigenvalue weighted by molar-refractivity contribution is 5.29. The quantitative estimate of drug-likeness (QED) is 0.773. The van der Waals surface area contributed by atoms with Crippen molar-refractivity contribution in [3.8, 4) is 5.88 Å². The Morgan fingerprint density at radius 1 is 1.62 bits per heavy atom. The molecule has 0 bridgehead atoms. The first-order valence-corrected chi connectivity index (χ1v) is 4.42. The van der Waals surface area contributed by atoms with Crippen LogP contribution in [0.4, 0.5) is 0 Å². The molecule has 1 N–H and O–H groups in total. The van der Waals surface area contributed by atoms with Crippen molar-refractivity contribution in [2.24, 2.45) is 0 Å². The Bertz CT molecular complexity index is 284. The summed E-state index contributed by atoms with van der Waals surface area (Å²) in [6.45, 7) is 6.19. The van der Waals surface area contributed by atoms with Gasteiger partial charge in [0.05, 0.1) is 12.7 Å². The van der Waals surface area contributed by atoms with E-state index in [1.165, 1.54) is 0 Å². The number of hydrogen-bond donors (Lipinski definition) is 1. The summed E-state index contributed by atoms with van der Waals surface area (Å²) in [4.78, 5) is 4.07. The van der Waals surface area contributed by atoms with Gasteiger partial charge >= 0.3 is 0 Å². The lowest BCUT2D eigenvalue weighted by molar-refractivity contribution is 0.197. The topological polar surface area (TPSA) is 42.4 Å². The van der Waals surface area contributed by atoms with Crippen LogP contribution in [-0.2, 0) is 0 Å². The summed E-state index contributed by atoms with van der Waals surface area (Å²) in [6, 6.07) is 1.84. The molecule has 72 valence electrons. The first kappa shape index (κ1) is 9.99. The highest BCUT2D eigenvalue weighted by Gasteiger charge is 2.06. The second-order valence-corrected chi connectivity index (χ2v) is 2.99. The number of nitrogens with zero attached hydrogens (tertiary/aromatic N) is 1. The van der Waals surface area contributed by atoms with Crippen molar-refractivity contribution in [3.63, 3.8) is 0 Å². The molecule has 13 heavy (non-hydrogen) atoms. The van der Waals surface area contributed by atoms with E-state index in [1.807, 2.05) is 19.9 Å². The third-order valence-corrected chi connectivity index (χ3v) is 1.87. The molecule has 0 fully saturated rings. The molecule has 0 aromatic carbocycles. The second kappa shape index (κ2) is 4.23. The molecule has 0 amide bonds. The zero-order chi connectivity index (χ0) is 9.84. The number of pyridine rings is 1. The van der Waals surface area contributed by atoms with E-state index in [0.717, 1.165) is 11.1 Å². The summed E-state index contributed by atoms with van der Waals surface area (Å²) in [6.07, 6.45) is 1.19. The maximum atomic E-state index is 9.34. The zero-order valence-electron chi connectivity index (χ0n) is 8.24. The van der Waals surface area contributed by atoms with Crippen molar-refractivity contribution in [2.75, 3.05) is 6.61 Å². The summed E-state index contributed by atoms with van der Waals surface area (Å²) in [5.74, 6) is 0.615. The molecule has 1 rings (SSSR count). The van der Waals surface area contributed by atoms with Crippen LogP contribution in [0.15, 0.2) is 12.3 Å². The van der Waals surface area contributed by atoms with Crippen LogP contribution in [0.5, 0.6) is 5.88 Å². The lowest BCUT2D eigenvalue weighted by atomic mass is 10.1. The van der Waals surface area contributed by atoms with Crippen LogP contribution >= 0.6 is 0 Å². The first-order chi connectivity index (χ1) is 6.15. The Kier molecular flexibility index (Phi) is 3.25. The Labute approximate surface area is 78.4 Å². The van der Waals surface area contributed by atoms with Gasteiger partial charge in [0.15, 0.2) is 0 Å². The molecular formula is C10H15NO2. The number of hydrogen-bond acceptors (Lipinski definition) is 3. The van der Waals surface area contributed by atoms with Crippen molar-refractivity contribution in [2.45, 2.75) is 26.9 Å². The maximum Gasteiger partial charge on any atom is 0.213 e. The van der Waals surface area contributed by atoms with Crippen LogP contribution in [0, 0.1) is 6.92 Å². The van der Waals surface area contributed by atoms with E-state index in [-0.39, 0.29) is 0 Å². The van der Waals surface area contributed by atoms with Crippen LogP contribution in [-0.4, -0.2) is 16.7 Å². The van der Waals surface area contributed by atoms with E-state index < -0.39 is 6.10 Å². The van der Waals surface area contributed by atoms with E-state index in [0.29, 0.717) is 12.5 Å². The molecule has 0 aliphatic rings. The lowest BCUT2D eigenvalue weighted by Crippen LogP contribution is -1.99. The van der Waals surface area contributed by atoms with Gasteiger partial charge in [0.2, 0.25) is 5.88 Å². The fraction of sp³-hybridized carbons (Fsp3) is 0.500. The minimum absolute atomic E-state index is 0.469. The largest absolute Gasteiger partial charge is 0.478 e. The Morgan fingerprint density at radius 3 is 2.77 bits per heavy atom. The Morgan fingerprint density at radius 2 is 2.31 bits per heavy atom. The third-order valence-electron chi connectivity index (χ3n) is 1.87. The first-order valence-electron chi connectivity index (χ1n) is 4.42. The fourth-order valence-electron chi connectivity index (χ4n) is 1.20. The monoisotopic (exact) mass is 181 g/mol. The van der Waals surface area contributed by atoms with Crippen molar-refractivity contribution in [3.05, 3.63) is 23.4 Å². The number of aliphatic hydroxyl groups excluding tert-OH is 1. The molecule has 1 atom stereocenters. The smallest absolute Gasteiger partial charge is 0.213 e. The van der Waals surface area contributed by atoms with Crippen LogP contribution in [0.2, 0.25) is 0 Å². The summed E-state index contributed by atoms with van der Waals surface area (Å²) in [5, 5.41) is 9.34. The SMILES string of the molecule is CCOc1cc(C)c(C(C)O)cn1. The molecule has 0 radical (unpaired) electrons. The normalized spacial score (nSPS) is 12.6. The number of rotatable bonds is 3. The summed E-state index contributed by atoms with van der Waals surface area (Å²) in [7, 11) is 0. The van der Waals surface area contributed by atoms with E-state index in [9.17, 15) is 5.11 Å². The van der Waals surface area contributed by atoms with E-state index in [2.05, 4.69) is 4.98 Å². The molecule has 0 saturated carbocycles. The molecule has 1 aromatic heterocycles. The Balaban J connectivity index is 2.92. The van der Waals surface area contributed by atoms with Gasteiger partial charge < -0.3 is 9.84 Å². The molecule has 1 heterocycles. The summed E-state index contributed by atoms with van der Waals surface area (Å²) in [5.41, 5.74) is 1.86. The average Bonchev–Trinajstić information content (AvgIpc) is 2.04. The van der Waals surface area contributed by atoms with Crippen LogP contribution in [0.25, 0.3) is 0 Å². The minimum atomic E-state index is -0.469. The van der Waals surface area contributed by atoms with Crippen molar-refractivity contribution < 1.29 is 9.84 Å². The van der Waals surface area contributed by atoms with Gasteiger partial charge in [-0.1, -0.05) is 0 Å². The molecule has 0 spiro atoms. The second-order valence-electron chi connectivity index (χ2n) is 2.99. The molecular weight excluding hydrogens is 166 g/mol. The van der Waals surface area contributed by atoms with Gasteiger partial charge in [-0.05, 0) is 26.3 Å². The van der Waals surface area contributed by atoms with Crippen molar-refractivity contribution in [1.82, 2.24) is 4.98 Å². The standard InChI is InChI=1S/C10H15NO2/c1-4-13-10-5-7(2)9(6-11-10)8(3)12/h5-6,8,12H,4H2,1-3H3. The lowest BCUT2D eigenvalue weighted by Gasteiger charge is -2.09. The molecule has 0 aliphatic carbocycles. The summed E-state index contributed by atoms with van der Waals surface area (Å²) < 4.78 is 5.23. The maximum absolute atomic E-state index is 9.34. The molecule has 1 unspecified atom stereocenters. The zero-order valence-corrected chi connectivity index (χ0v) is 8.24. The van der Waals surface area contributed by atoms with E-state index >= 15 is 0 Å². The van der Waals surface area contributed by atoms with E-state index in [1.54, 1.807) is 13.1 Å². The number of aryl methyl sites for hydroxylation is 1. The van der Waals surface area contributed by atoms with Crippen LogP contribution < -0.4 is 4.74 Å². The number of ether oxygens (including phenoxy) is 1. The number of aromatic nitrogens is 1. The molecule has 0 saturated heterocycles. The van der Waals surface area contributed by atoms with Crippen molar-refractivity contribution >= 4 is 0 Å². The molecule has 3 nitrogen and oxygen atoms in total. The fourth-order valence-corrected chi connectivity index (χ4v) is 1.20. The van der Waals surface area contributed by atoms with Gasteiger partial charge in [-0.3, -0.25) is 0 Å². The van der Waals surface area contributed by atoms with Gasteiger partial charge in [-0.15, -0.1) is 0 Å². The van der Waals surface area contributed by atoms with Gasteiger partial charge in [0.1, 0.15) is 0 Å². The molecule has 1 aromatic rings. The van der Waals surface area contributed by atoms with Crippen molar-refractivity contribution in [1.29, 1.82) is 0 Å². The molecule has 0 aliphatic heterocycles. The highest BCUT2D eigenvalue weighted by Crippen LogP contribution is 2.19. The van der Waals surface area contributed by atoms with Gasteiger partial charge in [0, 0.05) is 17.8 Å². The Hall–Kier alpha value is -1.09. The highest BCUT2D eigenvalue weighted by atomic mass is 16.5. The van der Waals surface area contributed by atoms with Crippen LogP contribution in [0.1, 0.15) is 31.1 Å². The predicted octanol–water partition coefficient (Wildman–Crippen LogP) is 1.84. The third kappa shape index (κ3) is 2.42. The minimum Gasteiger partial charge on any atom is -0.478 e. The van der Waals surface area contributed by atoms with E-state index in [4.69, 9.17) is 4.74 Å². The van der Waals surface area contributed by atoms with Gasteiger partial charge in [0.25, 0.3) is 0 Å². The average molecular weight is 181 g/mol. The molecule has 3 heteroatoms. The predicted molar refractivity (Wildman–Crippen MR) is 50.8 cm³/mol. The van der Waals surface area contributed by atoms with Gasteiger partial charge in [-0.2, -0.15) is 0 Å². The summed E-state index contributed by atoms with van der Waals surface area (Å²) >= 11 is 0. The van der Waals surface area contributed by atoms with Crippen LogP contribution in [0.3, 0.4) is 0 Å². The van der Waals surface area contributed by atoms with Gasteiger partial charge in [-0.25, -0.2) is 4.98 Å². The number of aliphatic hydroxyl groups is 1.